The van der Waals surface area contributed by atoms with Gasteiger partial charge in [-0.3, -0.25) is 9.78 Å². The molecule has 0 spiro atoms. The molecule has 46 heavy (non-hydrogen) atoms. The summed E-state index contributed by atoms with van der Waals surface area (Å²) < 4.78 is 17.4. The number of fused-ring (bicyclic) bond motifs is 3. The summed E-state index contributed by atoms with van der Waals surface area (Å²) in [5, 5.41) is 2.35. The fourth-order valence-corrected chi connectivity index (χ4v) is 6.03. The van der Waals surface area contributed by atoms with Crippen molar-refractivity contribution in [1.29, 1.82) is 0 Å². The number of nitrogens with zero attached hydrogens (tertiary/aromatic N) is 4. The van der Waals surface area contributed by atoms with Crippen molar-refractivity contribution in [3.05, 3.63) is 86.4 Å². The summed E-state index contributed by atoms with van der Waals surface area (Å²) in [5.41, 5.74) is 6.58. The molecular formula is C27H22Br3Cl3N8O5. The number of nitrogen functional groups attached to an aromatic ring is 1. The third kappa shape index (κ3) is 8.56. The summed E-state index contributed by atoms with van der Waals surface area (Å²) >= 11 is 27.4. The Balaban J connectivity index is 0.000000186. The van der Waals surface area contributed by atoms with Gasteiger partial charge in [-0.2, -0.15) is 0 Å². The standard InChI is InChI=1S/C9H5BrCl2N2O.C9H7BrClN3O.C9H7BrN2O3.H3N/c1-15-4-2-5-7(6(10)3-4)13-9(12)14-8(5)11;1-15-4-2-5-7(6(10)3-4)13-9(11)14-8(5)12;1-15-4-2-5-7(6(10)3-4)11-9(14)12-8(5)13;/h2-3H,1H3;2-3H,1H3,(H2,12,13,14);2-3H,1H3,(H2,11,12,13,14);1H3. The zero-order chi connectivity index (χ0) is 33.0. The Kier molecular flexibility index (Phi) is 13.0. The molecule has 242 valence electrons. The van der Waals surface area contributed by atoms with Crippen LogP contribution in [0.4, 0.5) is 5.82 Å². The van der Waals surface area contributed by atoms with E-state index in [-0.39, 0.29) is 16.7 Å². The molecule has 19 heteroatoms. The lowest BCUT2D eigenvalue weighted by atomic mass is 10.2. The second kappa shape index (κ2) is 16.0. The minimum absolute atomic E-state index is 0. The van der Waals surface area contributed by atoms with Crippen LogP contribution in [0, 0.1) is 0 Å². The largest absolute Gasteiger partial charge is 0.497 e. The number of aromatic amines is 2. The Labute approximate surface area is 300 Å². The van der Waals surface area contributed by atoms with Gasteiger partial charge in [0.1, 0.15) is 28.2 Å². The van der Waals surface area contributed by atoms with Crippen LogP contribution >= 0.6 is 82.6 Å². The molecule has 0 atom stereocenters. The van der Waals surface area contributed by atoms with Gasteiger partial charge < -0.3 is 31.1 Å². The van der Waals surface area contributed by atoms with Crippen molar-refractivity contribution in [2.45, 2.75) is 0 Å². The SMILES string of the molecule is COc1cc(Br)c2[nH]c(=O)[nH]c(=O)c2c1.COc1cc(Br)c2nc(Cl)nc(Cl)c2c1.COc1cc(Br)c2nc(Cl)nc(N)c2c1.N. The molecule has 0 aliphatic rings. The zero-order valence-electron chi connectivity index (χ0n) is 23.8. The van der Waals surface area contributed by atoms with E-state index in [2.05, 4.69) is 77.7 Å². The lowest BCUT2D eigenvalue weighted by molar-refractivity contribution is 0.415. The predicted octanol–water partition coefficient (Wildman–Crippen LogP) is 7.49. The maximum Gasteiger partial charge on any atom is 0.326 e. The van der Waals surface area contributed by atoms with E-state index in [1.54, 1.807) is 50.6 Å². The van der Waals surface area contributed by atoms with Crippen LogP contribution < -0.4 is 37.3 Å². The Hall–Kier alpha value is -3.25. The highest BCUT2D eigenvalue weighted by molar-refractivity contribution is 9.11. The number of hydrogen-bond donors (Lipinski definition) is 4. The average molecular weight is 885 g/mol. The molecule has 0 saturated heterocycles. The number of halogens is 6. The van der Waals surface area contributed by atoms with Crippen LogP contribution in [0.1, 0.15) is 0 Å². The summed E-state index contributed by atoms with van der Waals surface area (Å²) in [5.74, 6) is 2.26. The topological polar surface area (TPSA) is 206 Å². The lowest BCUT2D eigenvalue weighted by Crippen LogP contribution is -2.22. The Bertz CT molecular complexity index is 2090. The van der Waals surface area contributed by atoms with Crippen molar-refractivity contribution >= 4 is 121 Å². The van der Waals surface area contributed by atoms with Crippen molar-refractivity contribution in [1.82, 2.24) is 36.1 Å². The number of methoxy groups -OCH3 is 3. The number of nitrogens with two attached hydrogens (primary N) is 1. The number of rotatable bonds is 3. The summed E-state index contributed by atoms with van der Waals surface area (Å²) in [6, 6.07) is 10.4. The molecule has 3 aromatic carbocycles. The molecule has 6 aromatic rings. The van der Waals surface area contributed by atoms with Gasteiger partial charge >= 0.3 is 5.69 Å². The van der Waals surface area contributed by atoms with Gasteiger partial charge in [-0.15, -0.1) is 0 Å². The van der Waals surface area contributed by atoms with Crippen LogP contribution in [-0.2, 0) is 0 Å². The maximum absolute atomic E-state index is 11.5. The number of nitrogens with one attached hydrogen (secondary N) is 2. The molecule has 3 heterocycles. The van der Waals surface area contributed by atoms with E-state index >= 15 is 0 Å². The minimum atomic E-state index is -0.529. The quantitative estimate of drug-likeness (QED) is 0.101. The van der Waals surface area contributed by atoms with E-state index in [1.165, 1.54) is 7.11 Å². The Morgan fingerprint density at radius 2 is 1.11 bits per heavy atom. The highest BCUT2D eigenvalue weighted by atomic mass is 79.9. The molecule has 0 bridgehead atoms. The number of anilines is 1. The molecule has 7 N–H and O–H groups in total. The van der Waals surface area contributed by atoms with Crippen molar-refractivity contribution in [2.24, 2.45) is 0 Å². The van der Waals surface area contributed by atoms with E-state index < -0.39 is 11.2 Å². The van der Waals surface area contributed by atoms with E-state index in [4.69, 9.17) is 54.7 Å². The molecule has 0 aliphatic heterocycles. The first-order valence-corrected chi connectivity index (χ1v) is 15.7. The molecular weight excluding hydrogens is 862 g/mol. The number of benzene rings is 3. The normalized spacial score (nSPS) is 10.4. The number of hydrogen-bond acceptors (Lipinski definition) is 11. The third-order valence-electron chi connectivity index (χ3n) is 5.86. The van der Waals surface area contributed by atoms with Gasteiger partial charge in [0.15, 0.2) is 0 Å². The number of H-pyrrole nitrogens is 2. The van der Waals surface area contributed by atoms with E-state index in [9.17, 15) is 9.59 Å². The Morgan fingerprint density at radius 1 is 0.652 bits per heavy atom. The van der Waals surface area contributed by atoms with Gasteiger partial charge in [0.2, 0.25) is 10.6 Å². The van der Waals surface area contributed by atoms with Gasteiger partial charge in [0, 0.05) is 24.2 Å². The maximum atomic E-state index is 11.5. The van der Waals surface area contributed by atoms with Gasteiger partial charge in [0.25, 0.3) is 5.56 Å². The summed E-state index contributed by atoms with van der Waals surface area (Å²) in [7, 11) is 4.67. The van der Waals surface area contributed by atoms with Crippen molar-refractivity contribution in [2.75, 3.05) is 27.1 Å². The van der Waals surface area contributed by atoms with Gasteiger partial charge in [-0.25, -0.2) is 24.7 Å². The molecule has 0 radical (unpaired) electrons. The summed E-state index contributed by atoms with van der Waals surface area (Å²) in [6.45, 7) is 0. The molecule has 13 nitrogen and oxygen atoms in total. The molecule has 3 aromatic heterocycles. The monoisotopic (exact) mass is 880 g/mol. The van der Waals surface area contributed by atoms with E-state index in [0.717, 1.165) is 8.95 Å². The summed E-state index contributed by atoms with van der Waals surface area (Å²) in [4.78, 5) is 43.1. The van der Waals surface area contributed by atoms with Gasteiger partial charge in [0.05, 0.1) is 43.3 Å². The van der Waals surface area contributed by atoms with Crippen LogP contribution in [0.2, 0.25) is 15.7 Å². The van der Waals surface area contributed by atoms with E-state index in [1.807, 2.05) is 0 Å². The first kappa shape index (κ1) is 37.2. The predicted molar refractivity (Wildman–Crippen MR) is 191 cm³/mol. The fourth-order valence-electron chi connectivity index (χ4n) is 3.82. The van der Waals surface area contributed by atoms with Crippen LogP contribution in [0.3, 0.4) is 0 Å². The summed E-state index contributed by atoms with van der Waals surface area (Å²) in [6.07, 6.45) is 0. The van der Waals surface area contributed by atoms with Crippen molar-refractivity contribution < 1.29 is 14.2 Å². The van der Waals surface area contributed by atoms with Crippen LogP contribution in [0.15, 0.2) is 59.4 Å². The van der Waals surface area contributed by atoms with E-state index in [0.29, 0.717) is 65.4 Å². The Morgan fingerprint density at radius 3 is 1.65 bits per heavy atom. The molecule has 0 aliphatic carbocycles. The number of ether oxygens (including phenoxy) is 3. The van der Waals surface area contributed by atoms with Gasteiger partial charge in [-0.05, 0) is 107 Å². The van der Waals surface area contributed by atoms with Crippen LogP contribution in [-0.4, -0.2) is 51.2 Å². The molecule has 0 amide bonds. The van der Waals surface area contributed by atoms with Crippen LogP contribution in [0.5, 0.6) is 17.2 Å². The third-order valence-corrected chi connectivity index (χ3v) is 8.32. The molecule has 0 fully saturated rings. The second-order valence-corrected chi connectivity index (χ2v) is 12.2. The van der Waals surface area contributed by atoms with Crippen molar-refractivity contribution in [3.8, 4) is 17.2 Å². The molecule has 0 unspecified atom stereocenters. The lowest BCUT2D eigenvalue weighted by Gasteiger charge is -2.06. The minimum Gasteiger partial charge on any atom is -0.497 e. The van der Waals surface area contributed by atoms with Crippen molar-refractivity contribution in [3.63, 3.8) is 0 Å². The first-order valence-electron chi connectivity index (χ1n) is 12.2. The second-order valence-electron chi connectivity index (χ2n) is 8.61. The highest BCUT2D eigenvalue weighted by Gasteiger charge is 2.11. The molecule has 6 rings (SSSR count). The smallest absolute Gasteiger partial charge is 0.326 e. The van der Waals surface area contributed by atoms with Gasteiger partial charge in [-0.1, -0.05) is 11.6 Å². The fraction of sp³-hybridized carbons (Fsp3) is 0.111. The zero-order valence-corrected chi connectivity index (χ0v) is 30.9. The average Bonchev–Trinajstić information content (AvgIpc) is 2.99. The highest BCUT2D eigenvalue weighted by Crippen LogP contribution is 2.33. The number of aromatic nitrogens is 6. The first-order chi connectivity index (χ1) is 21.3. The van der Waals surface area contributed by atoms with Crippen LogP contribution in [0.25, 0.3) is 32.7 Å². The molecule has 0 saturated carbocycles.